The molecule has 2 fully saturated rings. The average Bonchev–Trinajstić information content (AvgIpc) is 2.53. The molecular weight excluding hydrogens is 200 g/mol. The smallest absolute Gasteiger partial charge is 0.158 e. The summed E-state index contributed by atoms with van der Waals surface area (Å²) >= 11 is 0. The molecule has 1 aliphatic heterocycles. The summed E-state index contributed by atoms with van der Waals surface area (Å²) in [4.78, 5) is 0. The van der Waals surface area contributed by atoms with Gasteiger partial charge in [-0.2, -0.15) is 0 Å². The standard InChI is InChI=1S/C14H24O2/c1-5-15-13-9-14(4)7-6-11(10(2)3)8-12(14)16-13/h11-13H,2,5-9H2,1,3-4H3/t11-,12+,13?,14+/m1/s1. The lowest BCUT2D eigenvalue weighted by atomic mass is 9.68. The van der Waals surface area contributed by atoms with Gasteiger partial charge in [0.1, 0.15) is 0 Å². The maximum Gasteiger partial charge on any atom is 0.158 e. The molecular formula is C14H24O2. The number of ether oxygens (including phenoxy) is 2. The van der Waals surface area contributed by atoms with Crippen LogP contribution in [0.3, 0.4) is 0 Å². The lowest BCUT2D eigenvalue weighted by Gasteiger charge is -2.38. The van der Waals surface area contributed by atoms with Crippen LogP contribution in [-0.4, -0.2) is 19.0 Å². The maximum atomic E-state index is 6.03. The van der Waals surface area contributed by atoms with Crippen LogP contribution in [0.4, 0.5) is 0 Å². The molecule has 2 nitrogen and oxygen atoms in total. The van der Waals surface area contributed by atoms with Crippen molar-refractivity contribution in [1.29, 1.82) is 0 Å². The third-order valence-corrected chi connectivity index (χ3v) is 4.34. The maximum absolute atomic E-state index is 6.03. The number of fused-ring (bicyclic) bond motifs is 1. The van der Waals surface area contributed by atoms with E-state index in [2.05, 4.69) is 20.4 Å². The van der Waals surface area contributed by atoms with E-state index >= 15 is 0 Å². The molecule has 0 spiro atoms. The van der Waals surface area contributed by atoms with Gasteiger partial charge in [0, 0.05) is 13.0 Å². The number of allylic oxidation sites excluding steroid dienone is 1. The summed E-state index contributed by atoms with van der Waals surface area (Å²) in [5.41, 5.74) is 1.65. The molecule has 2 heteroatoms. The van der Waals surface area contributed by atoms with Gasteiger partial charge in [0.05, 0.1) is 6.10 Å². The third-order valence-electron chi connectivity index (χ3n) is 4.34. The summed E-state index contributed by atoms with van der Waals surface area (Å²) in [5.74, 6) is 0.651. The predicted molar refractivity (Wildman–Crippen MR) is 65.2 cm³/mol. The van der Waals surface area contributed by atoms with Gasteiger partial charge in [-0.25, -0.2) is 0 Å². The van der Waals surface area contributed by atoms with Crippen LogP contribution in [0.2, 0.25) is 0 Å². The minimum atomic E-state index is 0.0314. The first-order valence-electron chi connectivity index (χ1n) is 6.47. The topological polar surface area (TPSA) is 18.5 Å². The highest BCUT2D eigenvalue weighted by atomic mass is 16.7. The van der Waals surface area contributed by atoms with Crippen LogP contribution < -0.4 is 0 Å². The normalized spacial score (nSPS) is 43.1. The van der Waals surface area contributed by atoms with Gasteiger partial charge in [0.15, 0.2) is 6.29 Å². The molecule has 1 unspecified atom stereocenters. The molecule has 4 atom stereocenters. The zero-order chi connectivity index (χ0) is 11.8. The van der Waals surface area contributed by atoms with Gasteiger partial charge in [-0.3, -0.25) is 0 Å². The number of hydrogen-bond donors (Lipinski definition) is 0. The quantitative estimate of drug-likeness (QED) is 0.683. The van der Waals surface area contributed by atoms with E-state index in [1.807, 2.05) is 6.92 Å². The summed E-state index contributed by atoms with van der Waals surface area (Å²) in [6.07, 6.45) is 5.12. The van der Waals surface area contributed by atoms with Crippen molar-refractivity contribution in [2.24, 2.45) is 11.3 Å². The van der Waals surface area contributed by atoms with Crippen molar-refractivity contribution >= 4 is 0 Å². The van der Waals surface area contributed by atoms with E-state index in [0.29, 0.717) is 17.4 Å². The first kappa shape index (κ1) is 12.1. The van der Waals surface area contributed by atoms with Crippen LogP contribution in [0.1, 0.15) is 46.5 Å². The Morgan fingerprint density at radius 2 is 2.31 bits per heavy atom. The molecule has 0 amide bonds. The summed E-state index contributed by atoms with van der Waals surface area (Å²) in [6, 6.07) is 0. The predicted octanol–water partition coefficient (Wildman–Crippen LogP) is 3.52. The van der Waals surface area contributed by atoms with E-state index < -0.39 is 0 Å². The molecule has 2 aliphatic rings. The van der Waals surface area contributed by atoms with E-state index in [4.69, 9.17) is 9.47 Å². The van der Waals surface area contributed by atoms with Gasteiger partial charge in [-0.15, -0.1) is 0 Å². The Kier molecular flexibility index (Phi) is 3.41. The second kappa shape index (κ2) is 4.50. The van der Waals surface area contributed by atoms with E-state index in [1.54, 1.807) is 0 Å². The molecule has 92 valence electrons. The van der Waals surface area contributed by atoms with Gasteiger partial charge in [-0.1, -0.05) is 19.1 Å². The molecule has 0 bridgehead atoms. The minimum Gasteiger partial charge on any atom is -0.353 e. The lowest BCUT2D eigenvalue weighted by molar-refractivity contribution is -0.138. The fraction of sp³-hybridized carbons (Fsp3) is 0.857. The highest BCUT2D eigenvalue weighted by Gasteiger charge is 2.48. The van der Waals surface area contributed by atoms with E-state index in [-0.39, 0.29) is 6.29 Å². The Labute approximate surface area is 99.0 Å². The van der Waals surface area contributed by atoms with Gasteiger partial charge in [0.25, 0.3) is 0 Å². The molecule has 1 heterocycles. The van der Waals surface area contributed by atoms with Crippen LogP contribution in [0.5, 0.6) is 0 Å². The van der Waals surface area contributed by atoms with Gasteiger partial charge < -0.3 is 9.47 Å². The first-order valence-corrected chi connectivity index (χ1v) is 6.47. The van der Waals surface area contributed by atoms with Gasteiger partial charge in [0.2, 0.25) is 0 Å². The van der Waals surface area contributed by atoms with E-state index in [0.717, 1.165) is 19.4 Å². The van der Waals surface area contributed by atoms with Gasteiger partial charge in [-0.05, 0) is 44.4 Å². The molecule has 0 radical (unpaired) electrons. The van der Waals surface area contributed by atoms with Crippen molar-refractivity contribution in [3.05, 3.63) is 12.2 Å². The molecule has 1 saturated heterocycles. The molecule has 1 saturated carbocycles. The Hall–Kier alpha value is -0.340. The molecule has 0 aromatic rings. The number of hydrogen-bond acceptors (Lipinski definition) is 2. The van der Waals surface area contributed by atoms with Crippen LogP contribution in [0.15, 0.2) is 12.2 Å². The van der Waals surface area contributed by atoms with Crippen molar-refractivity contribution in [2.45, 2.75) is 58.8 Å². The van der Waals surface area contributed by atoms with Crippen LogP contribution in [0.25, 0.3) is 0 Å². The van der Waals surface area contributed by atoms with Crippen LogP contribution in [-0.2, 0) is 9.47 Å². The zero-order valence-corrected chi connectivity index (χ0v) is 10.8. The first-order chi connectivity index (χ1) is 7.55. The van der Waals surface area contributed by atoms with Crippen molar-refractivity contribution in [1.82, 2.24) is 0 Å². The minimum absolute atomic E-state index is 0.0314. The van der Waals surface area contributed by atoms with E-state index in [9.17, 15) is 0 Å². The van der Waals surface area contributed by atoms with E-state index in [1.165, 1.54) is 18.4 Å². The summed E-state index contributed by atoms with van der Waals surface area (Å²) in [6.45, 7) is 11.4. The summed E-state index contributed by atoms with van der Waals surface area (Å²) < 4.78 is 11.6. The highest BCUT2D eigenvalue weighted by molar-refractivity contribution is 5.04. The van der Waals surface area contributed by atoms with Crippen molar-refractivity contribution in [3.8, 4) is 0 Å². The fourth-order valence-electron chi connectivity index (χ4n) is 3.12. The zero-order valence-electron chi connectivity index (χ0n) is 10.8. The molecule has 16 heavy (non-hydrogen) atoms. The van der Waals surface area contributed by atoms with Crippen molar-refractivity contribution in [2.75, 3.05) is 6.61 Å². The molecule has 0 aromatic carbocycles. The van der Waals surface area contributed by atoms with Crippen molar-refractivity contribution < 1.29 is 9.47 Å². The molecule has 0 aromatic heterocycles. The van der Waals surface area contributed by atoms with Crippen molar-refractivity contribution in [3.63, 3.8) is 0 Å². The monoisotopic (exact) mass is 224 g/mol. The second-order valence-electron chi connectivity index (χ2n) is 5.69. The Morgan fingerprint density at radius 1 is 1.56 bits per heavy atom. The Bertz CT molecular complexity index is 274. The third kappa shape index (κ3) is 2.18. The Morgan fingerprint density at radius 3 is 2.94 bits per heavy atom. The van der Waals surface area contributed by atoms with Crippen LogP contribution >= 0.6 is 0 Å². The number of rotatable bonds is 3. The molecule has 2 rings (SSSR count). The summed E-state index contributed by atoms with van der Waals surface area (Å²) in [5, 5.41) is 0. The molecule has 0 N–H and O–H groups in total. The largest absolute Gasteiger partial charge is 0.353 e. The van der Waals surface area contributed by atoms with Crippen LogP contribution in [0, 0.1) is 11.3 Å². The van der Waals surface area contributed by atoms with Gasteiger partial charge >= 0.3 is 0 Å². The molecule has 1 aliphatic carbocycles. The average molecular weight is 224 g/mol. The second-order valence-corrected chi connectivity index (χ2v) is 5.69. The summed E-state index contributed by atoms with van der Waals surface area (Å²) in [7, 11) is 0. The fourth-order valence-corrected chi connectivity index (χ4v) is 3.12. The lowest BCUT2D eigenvalue weighted by Crippen LogP contribution is -2.35. The highest BCUT2D eigenvalue weighted by Crippen LogP contribution is 2.50. The Balaban J connectivity index is 2.01. The SMILES string of the molecule is C=C(C)[C@@H]1CC[C@@]2(C)CC(OCC)O[C@H]2C1.